The lowest BCUT2D eigenvalue weighted by Crippen LogP contribution is -2.59. The SMILES string of the molecule is COCCN(CC(=O)O)C(=O)N1CCOCC1(C)C. The Morgan fingerprint density at radius 2 is 2.16 bits per heavy atom. The first-order valence-electron chi connectivity index (χ1n) is 6.23. The fraction of sp³-hybridized carbons (Fsp3) is 0.833. The van der Waals surface area contributed by atoms with E-state index >= 15 is 0 Å². The molecular weight excluding hydrogens is 252 g/mol. The van der Waals surface area contributed by atoms with Crippen molar-refractivity contribution in [1.29, 1.82) is 0 Å². The van der Waals surface area contributed by atoms with Crippen molar-refractivity contribution in [3.8, 4) is 0 Å². The van der Waals surface area contributed by atoms with Crippen LogP contribution in [0.2, 0.25) is 0 Å². The number of carbonyl (C=O) groups excluding carboxylic acids is 1. The van der Waals surface area contributed by atoms with E-state index in [1.54, 1.807) is 4.90 Å². The third-order valence-corrected chi connectivity index (χ3v) is 3.04. The average molecular weight is 274 g/mol. The fourth-order valence-corrected chi connectivity index (χ4v) is 1.99. The molecule has 0 atom stereocenters. The predicted octanol–water partition coefficient (Wildman–Crippen LogP) is 0.250. The lowest BCUT2D eigenvalue weighted by atomic mass is 10.0. The van der Waals surface area contributed by atoms with Gasteiger partial charge in [-0.1, -0.05) is 0 Å². The minimum Gasteiger partial charge on any atom is -0.480 e. The van der Waals surface area contributed by atoms with Gasteiger partial charge in [-0.05, 0) is 13.8 Å². The highest BCUT2D eigenvalue weighted by atomic mass is 16.5. The van der Waals surface area contributed by atoms with Gasteiger partial charge in [0.05, 0.1) is 25.4 Å². The van der Waals surface area contributed by atoms with Gasteiger partial charge in [-0.25, -0.2) is 4.79 Å². The molecule has 0 aromatic carbocycles. The fourth-order valence-electron chi connectivity index (χ4n) is 1.99. The molecule has 1 heterocycles. The second kappa shape index (κ2) is 6.72. The highest BCUT2D eigenvalue weighted by molar-refractivity contribution is 5.80. The van der Waals surface area contributed by atoms with E-state index in [0.717, 1.165) is 0 Å². The summed E-state index contributed by atoms with van der Waals surface area (Å²) in [6.07, 6.45) is 0. The van der Waals surface area contributed by atoms with Crippen molar-refractivity contribution < 1.29 is 24.2 Å². The summed E-state index contributed by atoms with van der Waals surface area (Å²) < 4.78 is 10.3. The molecule has 7 nitrogen and oxygen atoms in total. The molecule has 1 fully saturated rings. The molecular formula is C12H22N2O5. The highest BCUT2D eigenvalue weighted by Crippen LogP contribution is 2.20. The molecule has 0 bridgehead atoms. The van der Waals surface area contributed by atoms with Crippen LogP contribution in [0, 0.1) is 0 Å². The summed E-state index contributed by atoms with van der Waals surface area (Å²) in [5.41, 5.74) is -0.431. The molecule has 7 heteroatoms. The number of aliphatic carboxylic acids is 1. The number of nitrogens with zero attached hydrogens (tertiary/aromatic N) is 2. The Morgan fingerprint density at radius 3 is 2.68 bits per heavy atom. The van der Waals surface area contributed by atoms with Crippen LogP contribution in [-0.2, 0) is 14.3 Å². The van der Waals surface area contributed by atoms with Crippen LogP contribution in [0.1, 0.15) is 13.8 Å². The number of rotatable bonds is 5. The summed E-state index contributed by atoms with van der Waals surface area (Å²) in [7, 11) is 1.52. The van der Waals surface area contributed by atoms with Crippen LogP contribution < -0.4 is 0 Å². The molecule has 0 saturated carbocycles. The molecule has 1 N–H and O–H groups in total. The maximum Gasteiger partial charge on any atom is 0.323 e. The molecule has 19 heavy (non-hydrogen) atoms. The van der Waals surface area contributed by atoms with Gasteiger partial charge in [0, 0.05) is 20.2 Å². The van der Waals surface area contributed by atoms with Crippen LogP contribution in [0.5, 0.6) is 0 Å². The van der Waals surface area contributed by atoms with Crippen LogP contribution in [0.4, 0.5) is 4.79 Å². The first kappa shape index (κ1) is 15.7. The summed E-state index contributed by atoms with van der Waals surface area (Å²) >= 11 is 0. The Bertz CT molecular complexity index is 332. The summed E-state index contributed by atoms with van der Waals surface area (Å²) in [5, 5.41) is 8.88. The molecule has 1 saturated heterocycles. The van der Waals surface area contributed by atoms with Gasteiger partial charge < -0.3 is 24.4 Å². The molecule has 0 radical (unpaired) electrons. The van der Waals surface area contributed by atoms with Crippen molar-refractivity contribution in [3.05, 3.63) is 0 Å². The Morgan fingerprint density at radius 1 is 1.47 bits per heavy atom. The van der Waals surface area contributed by atoms with E-state index in [4.69, 9.17) is 14.6 Å². The zero-order valence-corrected chi connectivity index (χ0v) is 11.7. The number of morpholine rings is 1. The number of hydrogen-bond donors (Lipinski definition) is 1. The van der Waals surface area contributed by atoms with E-state index in [0.29, 0.717) is 26.4 Å². The largest absolute Gasteiger partial charge is 0.480 e. The monoisotopic (exact) mass is 274 g/mol. The van der Waals surface area contributed by atoms with Gasteiger partial charge in [-0.15, -0.1) is 0 Å². The van der Waals surface area contributed by atoms with Crippen LogP contribution >= 0.6 is 0 Å². The molecule has 1 aliphatic rings. The number of methoxy groups -OCH3 is 1. The quantitative estimate of drug-likeness (QED) is 0.777. The second-order valence-corrected chi connectivity index (χ2v) is 5.11. The lowest BCUT2D eigenvalue weighted by molar-refractivity contribution is -0.138. The maximum absolute atomic E-state index is 12.4. The number of carboxylic acid groups (broad SMARTS) is 1. The lowest BCUT2D eigenvalue weighted by Gasteiger charge is -2.44. The minimum atomic E-state index is -1.03. The summed E-state index contributed by atoms with van der Waals surface area (Å²) in [5.74, 6) is -1.03. The van der Waals surface area contributed by atoms with Crippen LogP contribution in [0.15, 0.2) is 0 Å². The van der Waals surface area contributed by atoms with Crippen LogP contribution in [0.3, 0.4) is 0 Å². The summed E-state index contributed by atoms with van der Waals surface area (Å²) in [6, 6.07) is -0.284. The van der Waals surface area contributed by atoms with Crippen molar-refractivity contribution in [1.82, 2.24) is 9.80 Å². The van der Waals surface area contributed by atoms with Gasteiger partial charge in [-0.3, -0.25) is 4.79 Å². The van der Waals surface area contributed by atoms with Crippen LogP contribution in [0.25, 0.3) is 0 Å². The molecule has 0 spiro atoms. The predicted molar refractivity (Wildman–Crippen MR) is 68.1 cm³/mol. The highest BCUT2D eigenvalue weighted by Gasteiger charge is 2.36. The Hall–Kier alpha value is -1.34. The average Bonchev–Trinajstić information content (AvgIpc) is 2.32. The van der Waals surface area contributed by atoms with Gasteiger partial charge in [0.1, 0.15) is 6.54 Å². The van der Waals surface area contributed by atoms with E-state index in [9.17, 15) is 9.59 Å². The molecule has 1 aliphatic heterocycles. The van der Waals surface area contributed by atoms with E-state index in [-0.39, 0.29) is 19.1 Å². The number of hydrogen-bond acceptors (Lipinski definition) is 4. The first-order valence-corrected chi connectivity index (χ1v) is 6.23. The Labute approximate surface area is 113 Å². The number of amides is 2. The van der Waals surface area contributed by atoms with Gasteiger partial charge in [0.2, 0.25) is 0 Å². The first-order chi connectivity index (χ1) is 8.88. The Kier molecular flexibility index (Phi) is 5.56. The maximum atomic E-state index is 12.4. The van der Waals surface area contributed by atoms with Crippen molar-refractivity contribution >= 4 is 12.0 Å². The van der Waals surface area contributed by atoms with Crippen molar-refractivity contribution in [2.24, 2.45) is 0 Å². The number of carboxylic acids is 1. The Balaban J connectivity index is 2.75. The van der Waals surface area contributed by atoms with E-state index < -0.39 is 11.5 Å². The van der Waals surface area contributed by atoms with Crippen molar-refractivity contribution in [2.75, 3.05) is 46.6 Å². The number of ether oxygens (including phenoxy) is 2. The van der Waals surface area contributed by atoms with E-state index in [1.165, 1.54) is 12.0 Å². The summed E-state index contributed by atoms with van der Waals surface area (Å²) in [4.78, 5) is 26.2. The van der Waals surface area contributed by atoms with Crippen LogP contribution in [-0.4, -0.2) is 79.0 Å². The zero-order valence-electron chi connectivity index (χ0n) is 11.7. The molecule has 0 aliphatic carbocycles. The normalized spacial score (nSPS) is 18.2. The van der Waals surface area contributed by atoms with Gasteiger partial charge >= 0.3 is 12.0 Å². The topological polar surface area (TPSA) is 79.3 Å². The standard InChI is InChI=1S/C12H22N2O5/c1-12(2)9-19-7-5-14(12)11(17)13(4-6-18-3)8-10(15)16/h4-9H2,1-3H3,(H,15,16). The number of carbonyl (C=O) groups is 2. The van der Waals surface area contributed by atoms with Gasteiger partial charge in [0.25, 0.3) is 0 Å². The third-order valence-electron chi connectivity index (χ3n) is 3.04. The molecule has 1 rings (SSSR count). The number of urea groups is 1. The molecule has 0 unspecified atom stereocenters. The minimum absolute atomic E-state index is 0.259. The molecule has 0 aromatic heterocycles. The van der Waals surface area contributed by atoms with Crippen molar-refractivity contribution in [2.45, 2.75) is 19.4 Å². The van der Waals surface area contributed by atoms with E-state index in [2.05, 4.69) is 0 Å². The summed E-state index contributed by atoms with van der Waals surface area (Å²) in [6.45, 7) is 5.44. The smallest absolute Gasteiger partial charge is 0.323 e. The molecule has 110 valence electrons. The zero-order chi connectivity index (χ0) is 14.5. The molecule has 0 aromatic rings. The van der Waals surface area contributed by atoms with E-state index in [1.807, 2.05) is 13.8 Å². The second-order valence-electron chi connectivity index (χ2n) is 5.11. The van der Waals surface area contributed by atoms with Gasteiger partial charge in [0.15, 0.2) is 0 Å². The third kappa shape index (κ3) is 4.36. The van der Waals surface area contributed by atoms with Crippen molar-refractivity contribution in [3.63, 3.8) is 0 Å². The van der Waals surface area contributed by atoms with Gasteiger partial charge in [-0.2, -0.15) is 0 Å². The molecule has 2 amide bonds.